The molecule has 1 N–H and O–H groups in total. The molecule has 0 heterocycles. The second kappa shape index (κ2) is 8.93. The van der Waals surface area contributed by atoms with Gasteiger partial charge in [-0.15, -0.1) is 0 Å². The molecule has 1 atom stereocenters. The lowest BCUT2D eigenvalue weighted by Gasteiger charge is -2.25. The van der Waals surface area contributed by atoms with E-state index in [-0.39, 0.29) is 0 Å². The first kappa shape index (κ1) is 15.0. The largest absolute Gasteiger partial charge is 0.377 e. The molecule has 0 aromatic rings. The van der Waals surface area contributed by atoms with Crippen LogP contribution in [-0.4, -0.2) is 25.3 Å². The highest BCUT2D eigenvalue weighted by Gasteiger charge is 2.14. The van der Waals surface area contributed by atoms with E-state index in [1.165, 1.54) is 44.9 Å². The molecule has 0 aromatic heterocycles. The number of hydrogen-bond acceptors (Lipinski definition) is 2. The summed E-state index contributed by atoms with van der Waals surface area (Å²) < 4.78 is 5.91. The zero-order valence-electron chi connectivity index (χ0n) is 12.0. The maximum atomic E-state index is 5.91. The lowest BCUT2D eigenvalue weighted by Crippen LogP contribution is -2.37. The van der Waals surface area contributed by atoms with E-state index in [2.05, 4.69) is 26.1 Å². The van der Waals surface area contributed by atoms with Crippen molar-refractivity contribution >= 4 is 0 Å². The molecule has 1 aliphatic carbocycles. The summed E-state index contributed by atoms with van der Waals surface area (Å²) in [5, 5.41) is 3.66. The Kier molecular flexibility index (Phi) is 7.87. The number of hydrogen-bond donors (Lipinski definition) is 1. The van der Waals surface area contributed by atoms with Crippen molar-refractivity contribution in [3.63, 3.8) is 0 Å². The maximum absolute atomic E-state index is 5.91. The quantitative estimate of drug-likeness (QED) is 0.699. The Morgan fingerprint density at radius 3 is 2.35 bits per heavy atom. The van der Waals surface area contributed by atoms with Crippen molar-refractivity contribution in [3.8, 4) is 0 Å². The van der Waals surface area contributed by atoms with E-state index in [9.17, 15) is 0 Å². The molecule has 1 aliphatic rings. The Balaban J connectivity index is 2.05. The summed E-state index contributed by atoms with van der Waals surface area (Å²) in [6.07, 6.45) is 9.79. The van der Waals surface area contributed by atoms with E-state index in [1.54, 1.807) is 0 Å². The fourth-order valence-corrected chi connectivity index (χ4v) is 2.52. The highest BCUT2D eigenvalue weighted by atomic mass is 16.5. The molecular formula is C15H31NO. The van der Waals surface area contributed by atoms with Gasteiger partial charge < -0.3 is 10.1 Å². The smallest absolute Gasteiger partial charge is 0.0671 e. The molecule has 1 rings (SSSR count). The highest BCUT2D eigenvalue weighted by Crippen LogP contribution is 2.17. The first-order valence-corrected chi connectivity index (χ1v) is 7.61. The van der Waals surface area contributed by atoms with Crippen LogP contribution in [0.1, 0.15) is 65.7 Å². The molecule has 0 aromatic carbocycles. The molecule has 0 saturated heterocycles. The van der Waals surface area contributed by atoms with Gasteiger partial charge in [0.2, 0.25) is 0 Å². The Bertz CT molecular complexity index is 174. The van der Waals surface area contributed by atoms with Crippen LogP contribution in [0.25, 0.3) is 0 Å². The highest BCUT2D eigenvalue weighted by molar-refractivity contribution is 4.73. The zero-order chi connectivity index (χ0) is 12.5. The molecule has 0 amide bonds. The summed E-state index contributed by atoms with van der Waals surface area (Å²) >= 11 is 0. The van der Waals surface area contributed by atoms with Crippen molar-refractivity contribution in [2.24, 2.45) is 5.92 Å². The first-order valence-electron chi connectivity index (χ1n) is 7.61. The van der Waals surface area contributed by atoms with Crippen LogP contribution in [0.3, 0.4) is 0 Å². The van der Waals surface area contributed by atoms with Crippen LogP contribution in [0, 0.1) is 5.92 Å². The topological polar surface area (TPSA) is 21.3 Å². The minimum Gasteiger partial charge on any atom is -0.377 e. The SMILES string of the molecule is CCC(CC)COC(C)CNC1CCCCC1. The van der Waals surface area contributed by atoms with Gasteiger partial charge in [-0.25, -0.2) is 0 Å². The standard InChI is InChI=1S/C15H31NO/c1-4-14(5-2)12-17-13(3)11-16-15-9-7-6-8-10-15/h13-16H,4-12H2,1-3H3. The molecule has 0 spiro atoms. The van der Waals surface area contributed by atoms with E-state index >= 15 is 0 Å². The van der Waals surface area contributed by atoms with Crippen molar-refractivity contribution in [3.05, 3.63) is 0 Å². The van der Waals surface area contributed by atoms with E-state index in [0.29, 0.717) is 6.10 Å². The van der Waals surface area contributed by atoms with E-state index in [1.807, 2.05) is 0 Å². The third-order valence-corrected chi connectivity index (χ3v) is 4.07. The van der Waals surface area contributed by atoms with Gasteiger partial charge in [0.15, 0.2) is 0 Å². The molecule has 0 aliphatic heterocycles. The average Bonchev–Trinajstić information content (AvgIpc) is 2.39. The molecule has 17 heavy (non-hydrogen) atoms. The Labute approximate surface area is 108 Å². The van der Waals surface area contributed by atoms with Crippen LogP contribution >= 0.6 is 0 Å². The maximum Gasteiger partial charge on any atom is 0.0671 e. The van der Waals surface area contributed by atoms with Gasteiger partial charge in [-0.05, 0) is 25.7 Å². The second-order valence-corrected chi connectivity index (χ2v) is 5.57. The normalized spacial score (nSPS) is 19.8. The summed E-state index contributed by atoms with van der Waals surface area (Å²) in [6.45, 7) is 8.65. The molecule has 0 radical (unpaired) electrons. The van der Waals surface area contributed by atoms with Crippen LogP contribution in [0.4, 0.5) is 0 Å². The fraction of sp³-hybridized carbons (Fsp3) is 1.00. The van der Waals surface area contributed by atoms with Gasteiger partial charge in [-0.1, -0.05) is 46.0 Å². The van der Waals surface area contributed by atoms with Gasteiger partial charge in [0.05, 0.1) is 6.10 Å². The van der Waals surface area contributed by atoms with Crippen LogP contribution in [-0.2, 0) is 4.74 Å². The molecular weight excluding hydrogens is 210 g/mol. The Hall–Kier alpha value is -0.0800. The summed E-state index contributed by atoms with van der Waals surface area (Å²) in [5.74, 6) is 0.743. The summed E-state index contributed by atoms with van der Waals surface area (Å²) in [4.78, 5) is 0. The summed E-state index contributed by atoms with van der Waals surface area (Å²) in [7, 11) is 0. The first-order chi connectivity index (χ1) is 8.26. The fourth-order valence-electron chi connectivity index (χ4n) is 2.52. The third-order valence-electron chi connectivity index (χ3n) is 4.07. The minimum absolute atomic E-state index is 0.359. The lowest BCUT2D eigenvalue weighted by atomic mass is 9.95. The van der Waals surface area contributed by atoms with Crippen molar-refractivity contribution in [1.29, 1.82) is 0 Å². The minimum atomic E-state index is 0.359. The monoisotopic (exact) mass is 241 g/mol. The third kappa shape index (κ3) is 6.42. The van der Waals surface area contributed by atoms with Crippen LogP contribution in [0.15, 0.2) is 0 Å². The van der Waals surface area contributed by atoms with Crippen molar-refractivity contribution in [1.82, 2.24) is 5.32 Å². The Morgan fingerprint density at radius 1 is 1.12 bits per heavy atom. The summed E-state index contributed by atoms with van der Waals surface area (Å²) in [5.41, 5.74) is 0. The zero-order valence-corrected chi connectivity index (χ0v) is 12.0. The van der Waals surface area contributed by atoms with Gasteiger partial charge in [0, 0.05) is 19.2 Å². The molecule has 1 fully saturated rings. The van der Waals surface area contributed by atoms with Crippen molar-refractivity contribution < 1.29 is 4.74 Å². The average molecular weight is 241 g/mol. The predicted octanol–water partition coefficient (Wildman–Crippen LogP) is 3.75. The molecule has 2 heteroatoms. The number of ether oxygens (including phenoxy) is 1. The van der Waals surface area contributed by atoms with E-state index in [4.69, 9.17) is 4.74 Å². The van der Waals surface area contributed by atoms with Gasteiger partial charge in [-0.2, -0.15) is 0 Å². The van der Waals surface area contributed by atoms with E-state index in [0.717, 1.165) is 25.1 Å². The van der Waals surface area contributed by atoms with Crippen molar-refractivity contribution in [2.75, 3.05) is 13.2 Å². The molecule has 2 nitrogen and oxygen atoms in total. The molecule has 102 valence electrons. The summed E-state index contributed by atoms with van der Waals surface area (Å²) in [6, 6.07) is 0.753. The second-order valence-electron chi connectivity index (χ2n) is 5.57. The van der Waals surface area contributed by atoms with Gasteiger partial charge in [-0.3, -0.25) is 0 Å². The van der Waals surface area contributed by atoms with Crippen LogP contribution < -0.4 is 5.32 Å². The number of nitrogens with one attached hydrogen (secondary N) is 1. The molecule has 1 saturated carbocycles. The Morgan fingerprint density at radius 2 is 1.76 bits per heavy atom. The van der Waals surface area contributed by atoms with Crippen LogP contribution in [0.2, 0.25) is 0 Å². The van der Waals surface area contributed by atoms with Crippen molar-refractivity contribution in [2.45, 2.75) is 77.9 Å². The predicted molar refractivity (Wildman–Crippen MR) is 74.4 cm³/mol. The van der Waals surface area contributed by atoms with Gasteiger partial charge in [0.1, 0.15) is 0 Å². The van der Waals surface area contributed by atoms with Gasteiger partial charge >= 0.3 is 0 Å². The van der Waals surface area contributed by atoms with Gasteiger partial charge in [0.25, 0.3) is 0 Å². The lowest BCUT2D eigenvalue weighted by molar-refractivity contribution is 0.0362. The molecule has 1 unspecified atom stereocenters. The van der Waals surface area contributed by atoms with E-state index < -0.39 is 0 Å². The number of rotatable bonds is 8. The van der Waals surface area contributed by atoms with Crippen LogP contribution in [0.5, 0.6) is 0 Å². The molecule has 0 bridgehead atoms.